The molecule has 0 radical (unpaired) electrons. The van der Waals surface area contributed by atoms with Crippen molar-refractivity contribution in [2.24, 2.45) is 17.4 Å². The largest absolute Gasteiger partial charge is 0.412 e. The molecule has 3 rings (SSSR count). The van der Waals surface area contributed by atoms with E-state index in [1.54, 1.807) is 18.3 Å². The highest BCUT2D eigenvalue weighted by molar-refractivity contribution is 5.74. The van der Waals surface area contributed by atoms with Gasteiger partial charge in [-0.3, -0.25) is 9.78 Å². The van der Waals surface area contributed by atoms with Crippen LogP contribution in [0.4, 0.5) is 13.2 Å². The van der Waals surface area contributed by atoms with E-state index in [1.807, 2.05) is 45.0 Å². The number of pyridine rings is 1. The molecule has 1 aliphatic carbocycles. The smallest absolute Gasteiger partial charge is 0.333 e. The second-order valence-corrected chi connectivity index (χ2v) is 8.14. The Kier molecular flexibility index (Phi) is 20.1. The average Bonchev–Trinajstić information content (AvgIpc) is 2.89. The van der Waals surface area contributed by atoms with E-state index in [1.165, 1.54) is 44.5 Å². The summed E-state index contributed by atoms with van der Waals surface area (Å²) in [5.74, 6) is 0.940. The maximum absolute atomic E-state index is 12.2. The van der Waals surface area contributed by atoms with Crippen LogP contribution < -0.4 is 11.5 Å². The van der Waals surface area contributed by atoms with E-state index in [0.29, 0.717) is 17.2 Å². The summed E-state index contributed by atoms with van der Waals surface area (Å²) in [6.45, 7) is 12.9. The van der Waals surface area contributed by atoms with Gasteiger partial charge in [0.1, 0.15) is 6.29 Å². The predicted molar refractivity (Wildman–Crippen MR) is 147 cm³/mol. The minimum Gasteiger partial charge on any atom is -0.333 e. The van der Waals surface area contributed by atoms with Crippen LogP contribution in [0.25, 0.3) is 5.57 Å². The standard InChI is InChI=1S/C11H10F3N.C8H8O.C7H15N.C2H6.CH5N/c1-8(6-9(2)11(12,13)14)10-4-3-5-15-7-10;1-7-2-4-8(6-9)5-3-7;1-6-2-4-7(8)5-3-6;2*1-2/h3-7H,1H2,2H3;2-6H,1H3;6-7H,2-5,8H2,1H3;1-2H3;2H2,1H3/b9-6+;;;;. The maximum Gasteiger partial charge on any atom is 0.412 e. The van der Waals surface area contributed by atoms with Crippen LogP contribution in [0.5, 0.6) is 0 Å². The fraction of sp³-hybridized carbons (Fsp3) is 0.448. The van der Waals surface area contributed by atoms with Gasteiger partial charge in [-0.05, 0) is 75.8 Å². The molecule has 0 amide bonds. The van der Waals surface area contributed by atoms with Gasteiger partial charge in [0.15, 0.2) is 0 Å². The summed E-state index contributed by atoms with van der Waals surface area (Å²) < 4.78 is 36.6. The summed E-state index contributed by atoms with van der Waals surface area (Å²) in [7, 11) is 1.50. The molecule has 1 aromatic carbocycles. The minimum atomic E-state index is -4.30. The zero-order valence-corrected chi connectivity index (χ0v) is 22.6. The highest BCUT2D eigenvalue weighted by atomic mass is 19.4. The summed E-state index contributed by atoms with van der Waals surface area (Å²) in [5, 5.41) is 0. The van der Waals surface area contributed by atoms with Gasteiger partial charge in [-0.25, -0.2) is 0 Å². The maximum atomic E-state index is 12.2. The van der Waals surface area contributed by atoms with Crippen molar-refractivity contribution in [1.29, 1.82) is 0 Å². The van der Waals surface area contributed by atoms with Gasteiger partial charge in [-0.15, -0.1) is 0 Å². The molecule has 1 heterocycles. The van der Waals surface area contributed by atoms with E-state index in [-0.39, 0.29) is 0 Å². The lowest BCUT2D eigenvalue weighted by Crippen LogP contribution is -2.25. The number of hydrogen-bond acceptors (Lipinski definition) is 4. The fourth-order valence-corrected chi connectivity index (χ4v) is 2.91. The van der Waals surface area contributed by atoms with Gasteiger partial charge in [0.05, 0.1) is 0 Å². The average molecular weight is 508 g/mol. The highest BCUT2D eigenvalue weighted by Gasteiger charge is 2.29. The Bertz CT molecular complexity index is 846. The molecule has 7 heteroatoms. The third-order valence-corrected chi connectivity index (χ3v) is 5.14. The monoisotopic (exact) mass is 507 g/mol. The van der Waals surface area contributed by atoms with Crippen molar-refractivity contribution < 1.29 is 18.0 Å². The summed E-state index contributed by atoms with van der Waals surface area (Å²) in [6, 6.07) is 11.3. The normalized spacial score (nSPS) is 16.7. The first kappa shape index (κ1) is 35.4. The molecule has 0 spiro atoms. The lowest BCUT2D eigenvalue weighted by atomic mass is 9.88. The summed E-state index contributed by atoms with van der Waals surface area (Å²) >= 11 is 0. The van der Waals surface area contributed by atoms with Crippen molar-refractivity contribution in [3.63, 3.8) is 0 Å². The van der Waals surface area contributed by atoms with E-state index in [9.17, 15) is 18.0 Å². The zero-order chi connectivity index (χ0) is 28.1. The molecule has 36 heavy (non-hydrogen) atoms. The quantitative estimate of drug-likeness (QED) is 0.332. The van der Waals surface area contributed by atoms with Crippen LogP contribution in [-0.4, -0.2) is 30.5 Å². The van der Waals surface area contributed by atoms with Crippen molar-refractivity contribution in [2.75, 3.05) is 7.05 Å². The van der Waals surface area contributed by atoms with Crippen molar-refractivity contribution in [3.05, 3.63) is 83.7 Å². The summed E-state index contributed by atoms with van der Waals surface area (Å²) in [4.78, 5) is 13.9. The summed E-state index contributed by atoms with van der Waals surface area (Å²) in [6.07, 6.45) is 5.78. The number of benzene rings is 1. The third kappa shape index (κ3) is 16.8. The second-order valence-electron chi connectivity index (χ2n) is 8.14. The van der Waals surface area contributed by atoms with E-state index in [4.69, 9.17) is 5.73 Å². The van der Waals surface area contributed by atoms with Crippen molar-refractivity contribution in [3.8, 4) is 0 Å². The van der Waals surface area contributed by atoms with Crippen LogP contribution in [0.3, 0.4) is 0 Å². The highest BCUT2D eigenvalue weighted by Crippen LogP contribution is 2.27. The van der Waals surface area contributed by atoms with Gasteiger partial charge < -0.3 is 11.5 Å². The Hall–Kier alpha value is -2.77. The van der Waals surface area contributed by atoms with Crippen LogP contribution in [0.2, 0.25) is 0 Å². The first-order valence-electron chi connectivity index (χ1n) is 12.2. The zero-order valence-electron chi connectivity index (χ0n) is 22.6. The number of aromatic nitrogens is 1. The molecule has 4 nitrogen and oxygen atoms in total. The van der Waals surface area contributed by atoms with Crippen molar-refractivity contribution in [2.45, 2.75) is 72.5 Å². The van der Waals surface area contributed by atoms with Gasteiger partial charge in [-0.1, -0.05) is 63.2 Å². The number of alkyl halides is 3. The van der Waals surface area contributed by atoms with Gasteiger partial charge in [-0.2, -0.15) is 13.2 Å². The van der Waals surface area contributed by atoms with E-state index >= 15 is 0 Å². The molecule has 202 valence electrons. The first-order valence-corrected chi connectivity index (χ1v) is 12.2. The molecule has 2 aromatic rings. The predicted octanol–water partition coefficient (Wildman–Crippen LogP) is 7.54. The molecule has 1 aliphatic rings. The van der Waals surface area contributed by atoms with Gasteiger partial charge >= 0.3 is 6.18 Å². The number of aryl methyl sites for hydroxylation is 1. The Morgan fingerprint density at radius 3 is 1.97 bits per heavy atom. The molecule has 4 N–H and O–H groups in total. The first-order chi connectivity index (χ1) is 17.0. The molecule has 1 aromatic heterocycles. The van der Waals surface area contributed by atoms with E-state index in [0.717, 1.165) is 30.8 Å². The lowest BCUT2D eigenvalue weighted by molar-refractivity contribution is -0.0912. The number of allylic oxidation sites excluding steroid dienone is 3. The number of nitrogens with zero attached hydrogens (tertiary/aromatic N) is 1. The molecule has 0 saturated heterocycles. The van der Waals surface area contributed by atoms with E-state index in [2.05, 4.69) is 24.2 Å². The van der Waals surface area contributed by atoms with E-state index < -0.39 is 11.7 Å². The number of carbonyl (C=O) groups is 1. The number of aldehydes is 1. The molecular weight excluding hydrogens is 463 g/mol. The summed E-state index contributed by atoms with van der Waals surface area (Å²) in [5.41, 5.74) is 12.3. The number of hydrogen-bond donors (Lipinski definition) is 2. The molecule has 0 bridgehead atoms. The number of rotatable bonds is 3. The van der Waals surface area contributed by atoms with Crippen molar-refractivity contribution >= 4 is 11.9 Å². The molecule has 0 aliphatic heterocycles. The number of carbonyl (C=O) groups excluding carboxylic acids is 1. The third-order valence-electron chi connectivity index (χ3n) is 5.14. The van der Waals surface area contributed by atoms with Crippen LogP contribution in [0.1, 0.15) is 74.9 Å². The number of nitrogens with two attached hydrogens (primary N) is 2. The topological polar surface area (TPSA) is 82.0 Å². The molecule has 0 unspecified atom stereocenters. The fourth-order valence-electron chi connectivity index (χ4n) is 2.91. The van der Waals surface area contributed by atoms with Crippen LogP contribution in [0, 0.1) is 12.8 Å². The Morgan fingerprint density at radius 1 is 1.06 bits per heavy atom. The SMILES string of the molecule is C=C(/C=C(\C)C(F)(F)F)c1cccnc1.CC.CC1CCC(N)CC1.CN.Cc1ccc(C=O)cc1. The van der Waals surface area contributed by atoms with Gasteiger partial charge in [0.2, 0.25) is 0 Å². The van der Waals surface area contributed by atoms with Gasteiger partial charge in [0, 0.05) is 29.6 Å². The minimum absolute atomic E-state index is 0.304. The van der Waals surface area contributed by atoms with Crippen LogP contribution in [-0.2, 0) is 0 Å². The molecule has 1 saturated carbocycles. The van der Waals surface area contributed by atoms with Crippen LogP contribution >= 0.6 is 0 Å². The Labute approximate surface area is 215 Å². The second kappa shape index (κ2) is 20.4. The molecule has 1 fully saturated rings. The van der Waals surface area contributed by atoms with Gasteiger partial charge in [0.25, 0.3) is 0 Å². The Balaban J connectivity index is 0. The van der Waals surface area contributed by atoms with Crippen molar-refractivity contribution in [1.82, 2.24) is 4.98 Å². The Morgan fingerprint density at radius 2 is 1.58 bits per heavy atom. The number of halogens is 3. The lowest BCUT2D eigenvalue weighted by Gasteiger charge is -2.22. The van der Waals surface area contributed by atoms with Crippen LogP contribution in [0.15, 0.2) is 67.0 Å². The molecule has 0 atom stereocenters. The molecular formula is C29H44F3N3O.